The maximum Gasteiger partial charge on any atom is 0.336 e. The van der Waals surface area contributed by atoms with Gasteiger partial charge in [-0.2, -0.15) is 0 Å². The van der Waals surface area contributed by atoms with E-state index in [4.69, 9.17) is 11.5 Å². The molecule has 2 atom stereocenters. The van der Waals surface area contributed by atoms with E-state index in [2.05, 4.69) is 0 Å². The summed E-state index contributed by atoms with van der Waals surface area (Å²) in [5, 5.41) is 41.2. The van der Waals surface area contributed by atoms with Gasteiger partial charge in [0.25, 0.3) is 0 Å². The van der Waals surface area contributed by atoms with Crippen LogP contribution in [0.4, 0.5) is 0 Å². The Morgan fingerprint density at radius 3 is 1.64 bits per heavy atom. The number of hydrogen-bond acceptors (Lipinski definition) is 6. The van der Waals surface area contributed by atoms with Crippen molar-refractivity contribution in [2.24, 2.45) is 17.4 Å². The second kappa shape index (κ2) is 10.1. The molecule has 0 spiro atoms. The first-order chi connectivity index (χ1) is 19.1. The minimum absolute atomic E-state index is 0.00583. The molecule has 0 bridgehead atoms. The van der Waals surface area contributed by atoms with Crippen LogP contribution in [0.5, 0.6) is 0 Å². The van der Waals surface area contributed by atoms with Crippen LogP contribution in [0.1, 0.15) is 90.1 Å². The fourth-order valence-electron chi connectivity index (χ4n) is 5.60. The summed E-state index contributed by atoms with van der Waals surface area (Å²) in [5.74, 6) is -13.1. The van der Waals surface area contributed by atoms with Crippen LogP contribution >= 0.6 is 0 Å². The van der Waals surface area contributed by atoms with Crippen LogP contribution in [0.2, 0.25) is 0 Å². The van der Waals surface area contributed by atoms with Gasteiger partial charge in [0.05, 0.1) is 22.6 Å². The number of nitrogens with two attached hydrogens (primary N) is 2. The highest BCUT2D eigenvalue weighted by Crippen LogP contribution is 2.54. The minimum atomic E-state index is -3.30. The fraction of sp³-hybridized carbons (Fsp3) is 0.333. The highest BCUT2D eigenvalue weighted by Gasteiger charge is 2.63. The van der Waals surface area contributed by atoms with Crippen molar-refractivity contribution in [3.05, 3.63) is 69.3 Å². The molecule has 3 rings (SSSR count). The summed E-state index contributed by atoms with van der Waals surface area (Å²) in [6.45, 7) is 11.1. The number of aromatic carboxylic acids is 2. The highest BCUT2D eigenvalue weighted by atomic mass is 16.4. The minimum Gasteiger partial charge on any atom is -0.480 e. The maximum absolute atomic E-state index is 13.3. The maximum atomic E-state index is 13.3. The third-order valence-corrected chi connectivity index (χ3v) is 7.51. The number of carbonyl (C=O) groups excluding carboxylic acids is 2. The van der Waals surface area contributed by atoms with Crippen LogP contribution < -0.4 is 11.5 Å². The SMILES string of the molecule is CC(C)(C)c1ccc(C2=C(C(=O)O)c3c(C(=O)O)ccc(C(=O)O)c3C(C(N)=O)(C(=O)O)C2C(N)=O)c(C(C)(C)C)c1. The number of amides is 2. The summed E-state index contributed by atoms with van der Waals surface area (Å²) in [4.78, 5) is 77.5. The van der Waals surface area contributed by atoms with E-state index in [1.807, 2.05) is 20.8 Å². The van der Waals surface area contributed by atoms with Gasteiger partial charge < -0.3 is 31.9 Å². The molecule has 2 aromatic rings. The van der Waals surface area contributed by atoms with Gasteiger partial charge in [0, 0.05) is 11.1 Å². The Morgan fingerprint density at radius 1 is 0.738 bits per heavy atom. The van der Waals surface area contributed by atoms with Crippen LogP contribution in [-0.2, 0) is 35.4 Å². The molecule has 0 heterocycles. The number of fused-ring (bicyclic) bond motifs is 1. The van der Waals surface area contributed by atoms with Gasteiger partial charge in [0.2, 0.25) is 11.8 Å². The first-order valence-electron chi connectivity index (χ1n) is 12.7. The van der Waals surface area contributed by atoms with Crippen LogP contribution in [0.3, 0.4) is 0 Å². The molecule has 1 aliphatic rings. The van der Waals surface area contributed by atoms with Crippen LogP contribution in [-0.4, -0.2) is 56.1 Å². The van der Waals surface area contributed by atoms with Gasteiger partial charge in [-0.15, -0.1) is 0 Å². The molecule has 222 valence electrons. The molecule has 8 N–H and O–H groups in total. The van der Waals surface area contributed by atoms with E-state index >= 15 is 0 Å². The molecule has 0 aromatic heterocycles. The van der Waals surface area contributed by atoms with Gasteiger partial charge in [-0.3, -0.25) is 14.4 Å². The van der Waals surface area contributed by atoms with E-state index in [1.54, 1.807) is 32.9 Å². The van der Waals surface area contributed by atoms with Crippen molar-refractivity contribution in [2.45, 2.75) is 57.8 Å². The molecule has 0 fully saturated rings. The lowest BCUT2D eigenvalue weighted by Gasteiger charge is -2.42. The van der Waals surface area contributed by atoms with E-state index < -0.39 is 91.3 Å². The predicted octanol–water partition coefficient (Wildman–Crippen LogP) is 2.60. The van der Waals surface area contributed by atoms with Gasteiger partial charge >= 0.3 is 23.9 Å². The fourth-order valence-corrected chi connectivity index (χ4v) is 5.60. The predicted molar refractivity (Wildman–Crippen MR) is 150 cm³/mol. The summed E-state index contributed by atoms with van der Waals surface area (Å²) in [7, 11) is 0. The summed E-state index contributed by atoms with van der Waals surface area (Å²) in [5.41, 5.74) is 3.02. The van der Waals surface area contributed by atoms with E-state index in [0.717, 1.165) is 11.6 Å². The van der Waals surface area contributed by atoms with Crippen molar-refractivity contribution in [3.8, 4) is 0 Å². The summed E-state index contributed by atoms with van der Waals surface area (Å²) in [6.07, 6.45) is 0. The van der Waals surface area contributed by atoms with E-state index in [-0.39, 0.29) is 5.56 Å². The molecule has 2 amide bonds. The van der Waals surface area contributed by atoms with Crippen molar-refractivity contribution in [3.63, 3.8) is 0 Å². The molecule has 0 aliphatic heterocycles. The largest absolute Gasteiger partial charge is 0.480 e. The number of hydrogen-bond donors (Lipinski definition) is 6. The molecule has 0 radical (unpaired) electrons. The van der Waals surface area contributed by atoms with Crippen LogP contribution in [0.15, 0.2) is 30.3 Å². The number of aliphatic carboxylic acids is 2. The Labute approximate surface area is 240 Å². The molecule has 12 heteroatoms. The Kier molecular flexibility index (Phi) is 7.60. The van der Waals surface area contributed by atoms with E-state index in [9.17, 15) is 49.2 Å². The zero-order chi connectivity index (χ0) is 32.3. The molecule has 42 heavy (non-hydrogen) atoms. The molecule has 2 unspecified atom stereocenters. The first kappa shape index (κ1) is 31.5. The Balaban J connectivity index is 2.88. The third-order valence-electron chi connectivity index (χ3n) is 7.51. The van der Waals surface area contributed by atoms with E-state index in [0.29, 0.717) is 11.6 Å². The lowest BCUT2D eigenvalue weighted by Crippen LogP contribution is -2.60. The number of primary amides is 2. The van der Waals surface area contributed by atoms with Gasteiger partial charge in [-0.25, -0.2) is 14.4 Å². The van der Waals surface area contributed by atoms with Gasteiger partial charge in [0.1, 0.15) is 0 Å². The van der Waals surface area contributed by atoms with Crippen LogP contribution in [0.25, 0.3) is 11.1 Å². The first-order valence-corrected chi connectivity index (χ1v) is 12.7. The molecule has 1 aliphatic carbocycles. The highest BCUT2D eigenvalue weighted by molar-refractivity contribution is 6.33. The van der Waals surface area contributed by atoms with Gasteiger partial charge in [-0.05, 0) is 45.2 Å². The lowest BCUT2D eigenvalue weighted by atomic mass is 9.56. The molecule has 12 nitrogen and oxygen atoms in total. The quantitative estimate of drug-likeness (QED) is 0.262. The van der Waals surface area contributed by atoms with Crippen LogP contribution in [0, 0.1) is 5.92 Å². The molecular formula is C30H32N2O10. The Morgan fingerprint density at radius 2 is 1.26 bits per heavy atom. The average molecular weight is 581 g/mol. The number of carbonyl (C=O) groups is 6. The Bertz CT molecular complexity index is 1610. The number of carboxylic acids is 4. The number of benzene rings is 2. The summed E-state index contributed by atoms with van der Waals surface area (Å²) < 4.78 is 0. The van der Waals surface area contributed by atoms with E-state index in [1.165, 1.54) is 6.07 Å². The average Bonchev–Trinajstić information content (AvgIpc) is 2.83. The standard InChI is InChI=1S/C30H32N2O10/c1-28(2,3)12-7-8-13(16(11-12)29(4,5)6)17-19(25(38)39)18-14(23(34)35)9-10-15(24(36)37)20(18)30(26(32)40,27(41)42)21(17)22(31)33/h7-11,21H,1-6H3,(H2,31,33)(H2,32,40)(H,34,35)(H,36,37)(H,38,39)(H,41,42). The second-order valence-corrected chi connectivity index (χ2v) is 12.2. The van der Waals surface area contributed by atoms with Gasteiger partial charge in [-0.1, -0.05) is 59.7 Å². The Hall–Kier alpha value is -5.00. The lowest BCUT2D eigenvalue weighted by molar-refractivity contribution is -0.153. The third kappa shape index (κ3) is 4.68. The smallest absolute Gasteiger partial charge is 0.336 e. The summed E-state index contributed by atoms with van der Waals surface area (Å²) in [6, 6.07) is 6.33. The normalized spacial score (nSPS) is 18.7. The van der Waals surface area contributed by atoms with Crippen molar-refractivity contribution >= 4 is 46.8 Å². The second-order valence-electron chi connectivity index (χ2n) is 12.2. The topological polar surface area (TPSA) is 235 Å². The van der Waals surface area contributed by atoms with Gasteiger partial charge in [0.15, 0.2) is 5.41 Å². The molecule has 2 aromatic carbocycles. The van der Waals surface area contributed by atoms with Crippen molar-refractivity contribution < 1.29 is 49.2 Å². The molecular weight excluding hydrogens is 548 g/mol. The van der Waals surface area contributed by atoms with Crippen molar-refractivity contribution in [1.29, 1.82) is 0 Å². The van der Waals surface area contributed by atoms with Crippen molar-refractivity contribution in [1.82, 2.24) is 0 Å². The monoisotopic (exact) mass is 580 g/mol. The molecule has 0 saturated carbocycles. The zero-order valence-electron chi connectivity index (χ0n) is 23.9. The molecule has 0 saturated heterocycles. The van der Waals surface area contributed by atoms with Crippen molar-refractivity contribution in [2.75, 3.05) is 0 Å². The number of rotatable bonds is 7. The zero-order valence-corrected chi connectivity index (χ0v) is 23.9. The summed E-state index contributed by atoms with van der Waals surface area (Å²) >= 11 is 0. The number of carboxylic acid groups (broad SMARTS) is 4.